The average Bonchev–Trinajstić information content (AvgIpc) is 2.82. The first-order valence-corrected chi connectivity index (χ1v) is 11.6. The number of carbonyl (C=O) groups excluding carboxylic acids is 1. The quantitative estimate of drug-likeness (QED) is 0.371. The lowest BCUT2D eigenvalue weighted by atomic mass is 10.1. The van der Waals surface area contributed by atoms with E-state index in [1.807, 2.05) is 30.3 Å². The third-order valence-electron chi connectivity index (χ3n) is 5.11. The van der Waals surface area contributed by atoms with E-state index in [9.17, 15) is 14.7 Å². The van der Waals surface area contributed by atoms with Gasteiger partial charge in [-0.05, 0) is 43.2 Å². The van der Waals surface area contributed by atoms with Crippen molar-refractivity contribution in [2.24, 2.45) is 0 Å². The Labute approximate surface area is 196 Å². The van der Waals surface area contributed by atoms with Crippen LogP contribution in [0, 0.1) is 0 Å². The molecule has 1 amide bonds. The van der Waals surface area contributed by atoms with E-state index in [1.54, 1.807) is 36.1 Å². The van der Waals surface area contributed by atoms with Gasteiger partial charge in [-0.15, -0.1) is 0 Å². The topological polar surface area (TPSA) is 85.3 Å². The largest absolute Gasteiger partial charge is 0.492 e. The molecule has 0 aliphatic heterocycles. The summed E-state index contributed by atoms with van der Waals surface area (Å²) in [5.74, 6) is 0.201. The van der Waals surface area contributed by atoms with E-state index in [-0.39, 0.29) is 6.09 Å². The molecule has 0 bridgehead atoms. The molecule has 0 radical (unpaired) electrons. The van der Waals surface area contributed by atoms with Crippen LogP contribution >= 0.6 is 0 Å². The number of benzene rings is 2. The molecular weight excluding hydrogens is 422 g/mol. The number of unbranched alkanes of at least 4 members (excludes halogenated alkanes) is 3. The highest BCUT2D eigenvalue weighted by molar-refractivity contribution is 5.72. The molecule has 1 atom stereocenters. The molecule has 0 spiro atoms. The summed E-state index contributed by atoms with van der Waals surface area (Å²) in [4.78, 5) is 25.6. The van der Waals surface area contributed by atoms with E-state index in [2.05, 4.69) is 6.92 Å². The summed E-state index contributed by atoms with van der Waals surface area (Å²) in [5, 5.41) is 9.23. The summed E-state index contributed by atoms with van der Waals surface area (Å²) in [6, 6.07) is 16.3. The zero-order chi connectivity index (χ0) is 23.9. The third-order valence-corrected chi connectivity index (χ3v) is 5.11. The molecule has 0 heterocycles. The summed E-state index contributed by atoms with van der Waals surface area (Å²) >= 11 is 0. The molecule has 0 fully saturated rings. The Kier molecular flexibility index (Phi) is 11.8. The summed E-state index contributed by atoms with van der Waals surface area (Å²) in [6.07, 6.45) is 3.29. The second-order valence-electron chi connectivity index (χ2n) is 7.71. The summed E-state index contributed by atoms with van der Waals surface area (Å²) < 4.78 is 16.6. The van der Waals surface area contributed by atoms with E-state index in [0.29, 0.717) is 44.2 Å². The summed E-state index contributed by atoms with van der Waals surface area (Å²) in [5.41, 5.74) is 0.854. The predicted molar refractivity (Wildman–Crippen MR) is 127 cm³/mol. The molecule has 0 saturated heterocycles. The van der Waals surface area contributed by atoms with Crippen molar-refractivity contribution < 1.29 is 28.9 Å². The van der Waals surface area contributed by atoms with Crippen LogP contribution in [-0.4, -0.2) is 54.5 Å². The minimum Gasteiger partial charge on any atom is -0.492 e. The maximum Gasteiger partial charge on any atom is 0.415 e. The Hall–Kier alpha value is -3.06. The molecule has 2 aromatic carbocycles. The van der Waals surface area contributed by atoms with E-state index in [1.165, 1.54) is 0 Å². The smallest absolute Gasteiger partial charge is 0.415 e. The minimum atomic E-state index is -0.974. The highest BCUT2D eigenvalue weighted by atomic mass is 16.6. The number of para-hydroxylation sites is 1. The SMILES string of the molecule is CCCCCCN(CCOc1ccc(CC(OCC)C(=O)O)cc1)C(=O)Oc1ccccc1. The lowest BCUT2D eigenvalue weighted by molar-refractivity contribution is -0.149. The molecule has 7 heteroatoms. The van der Waals surface area contributed by atoms with Gasteiger partial charge in [-0.2, -0.15) is 0 Å². The van der Waals surface area contributed by atoms with Gasteiger partial charge >= 0.3 is 12.1 Å². The second kappa shape index (κ2) is 14.9. The van der Waals surface area contributed by atoms with Gasteiger partial charge in [-0.1, -0.05) is 56.5 Å². The van der Waals surface area contributed by atoms with E-state index < -0.39 is 12.1 Å². The fourth-order valence-corrected chi connectivity index (χ4v) is 3.31. The molecule has 0 aliphatic carbocycles. The standard InChI is InChI=1S/C26H35NO6/c1-3-5-6-10-17-27(26(30)33-23-11-8-7-9-12-23)18-19-32-22-15-13-21(14-16-22)20-24(25(28)29)31-4-2/h7-9,11-16,24H,3-6,10,17-20H2,1-2H3,(H,28,29). The van der Waals surface area contributed by atoms with E-state index in [4.69, 9.17) is 14.2 Å². The number of nitrogens with zero attached hydrogens (tertiary/aromatic N) is 1. The fraction of sp³-hybridized carbons (Fsp3) is 0.462. The number of amides is 1. The van der Waals surface area contributed by atoms with Crippen LogP contribution < -0.4 is 9.47 Å². The molecular formula is C26H35NO6. The second-order valence-corrected chi connectivity index (χ2v) is 7.71. The molecule has 2 rings (SSSR count). The number of hydrogen-bond acceptors (Lipinski definition) is 5. The van der Waals surface area contributed by atoms with E-state index >= 15 is 0 Å². The molecule has 7 nitrogen and oxygen atoms in total. The van der Waals surface area contributed by atoms with Crippen molar-refractivity contribution in [3.05, 3.63) is 60.2 Å². The van der Waals surface area contributed by atoms with E-state index in [0.717, 1.165) is 31.2 Å². The lowest BCUT2D eigenvalue weighted by Crippen LogP contribution is -2.37. The van der Waals surface area contributed by atoms with Crippen LogP contribution in [0.25, 0.3) is 0 Å². The first kappa shape index (κ1) is 26.2. The van der Waals surface area contributed by atoms with Crippen molar-refractivity contribution in [3.8, 4) is 11.5 Å². The number of rotatable bonds is 15. The molecule has 2 aromatic rings. The maximum atomic E-state index is 12.7. The normalized spacial score (nSPS) is 11.6. The number of carboxylic acids is 1. The molecule has 33 heavy (non-hydrogen) atoms. The Morgan fingerprint density at radius 1 is 0.909 bits per heavy atom. The van der Waals surface area contributed by atoms with Crippen molar-refractivity contribution in [1.29, 1.82) is 0 Å². The first-order valence-electron chi connectivity index (χ1n) is 11.6. The zero-order valence-electron chi connectivity index (χ0n) is 19.6. The van der Waals surface area contributed by atoms with Crippen LogP contribution in [0.15, 0.2) is 54.6 Å². The fourth-order valence-electron chi connectivity index (χ4n) is 3.31. The summed E-state index contributed by atoms with van der Waals surface area (Å²) in [6.45, 7) is 5.62. The van der Waals surface area contributed by atoms with Gasteiger partial charge in [-0.3, -0.25) is 0 Å². The predicted octanol–water partition coefficient (Wildman–Crippen LogP) is 5.18. The van der Waals surface area contributed by atoms with Gasteiger partial charge in [0.05, 0.1) is 6.54 Å². The Morgan fingerprint density at radius 3 is 2.27 bits per heavy atom. The molecule has 0 aromatic heterocycles. The van der Waals surface area contributed by atoms with Crippen LogP contribution in [0.1, 0.15) is 45.1 Å². The maximum absolute atomic E-state index is 12.7. The first-order chi connectivity index (χ1) is 16.0. The number of hydrogen-bond donors (Lipinski definition) is 1. The van der Waals surface area contributed by atoms with Gasteiger partial charge in [0.1, 0.15) is 18.1 Å². The average molecular weight is 458 g/mol. The van der Waals surface area contributed by atoms with Crippen LogP contribution in [0.3, 0.4) is 0 Å². The molecule has 180 valence electrons. The van der Waals surface area contributed by atoms with Crippen molar-refractivity contribution in [2.45, 2.75) is 52.1 Å². The molecule has 1 N–H and O–H groups in total. The van der Waals surface area contributed by atoms with Gasteiger partial charge in [-0.25, -0.2) is 9.59 Å². The number of aliphatic carboxylic acids is 1. The van der Waals surface area contributed by atoms with Crippen LogP contribution in [0.4, 0.5) is 4.79 Å². The Balaban J connectivity index is 1.87. The highest BCUT2D eigenvalue weighted by Crippen LogP contribution is 2.15. The summed E-state index contributed by atoms with van der Waals surface area (Å²) in [7, 11) is 0. The van der Waals surface area contributed by atoms with Crippen molar-refractivity contribution in [2.75, 3.05) is 26.3 Å². The van der Waals surface area contributed by atoms with Crippen molar-refractivity contribution in [1.82, 2.24) is 4.90 Å². The molecule has 0 aliphatic rings. The monoisotopic (exact) mass is 457 g/mol. The van der Waals surface area contributed by atoms with Gasteiger partial charge in [0.25, 0.3) is 0 Å². The minimum absolute atomic E-state index is 0.292. The van der Waals surface area contributed by atoms with Crippen molar-refractivity contribution in [3.63, 3.8) is 0 Å². The van der Waals surface area contributed by atoms with Gasteiger partial charge in [0.2, 0.25) is 0 Å². The highest BCUT2D eigenvalue weighted by Gasteiger charge is 2.18. The van der Waals surface area contributed by atoms with Crippen LogP contribution in [-0.2, 0) is 16.0 Å². The lowest BCUT2D eigenvalue weighted by Gasteiger charge is -2.22. The van der Waals surface area contributed by atoms with Gasteiger partial charge in [0.15, 0.2) is 6.10 Å². The number of ether oxygens (including phenoxy) is 3. The Morgan fingerprint density at radius 2 is 1.64 bits per heavy atom. The third kappa shape index (κ3) is 9.95. The van der Waals surface area contributed by atoms with Crippen LogP contribution in [0.5, 0.6) is 11.5 Å². The Bertz CT molecular complexity index is 824. The van der Waals surface area contributed by atoms with Crippen molar-refractivity contribution >= 4 is 12.1 Å². The van der Waals surface area contributed by atoms with Gasteiger partial charge < -0.3 is 24.2 Å². The number of carbonyl (C=O) groups is 2. The molecule has 0 saturated carbocycles. The van der Waals surface area contributed by atoms with Crippen LogP contribution in [0.2, 0.25) is 0 Å². The van der Waals surface area contributed by atoms with Gasteiger partial charge in [0, 0.05) is 19.6 Å². The zero-order valence-corrected chi connectivity index (χ0v) is 19.6. The number of carboxylic acid groups (broad SMARTS) is 1. The molecule has 1 unspecified atom stereocenters.